The number of ketones is 2. The highest BCUT2D eigenvalue weighted by Crippen LogP contribution is 2.09. The van der Waals surface area contributed by atoms with Gasteiger partial charge >= 0.3 is 0 Å². The molecule has 0 saturated heterocycles. The molecule has 2 N–H and O–H groups in total. The maximum Gasteiger partial charge on any atom is 0.231 e. The molecule has 0 saturated carbocycles. The second-order valence-corrected chi connectivity index (χ2v) is 5.87. The van der Waals surface area contributed by atoms with Gasteiger partial charge in [0.2, 0.25) is 11.8 Å². The number of hydrogen-bond donors (Lipinski definition) is 2. The lowest BCUT2D eigenvalue weighted by atomic mass is 10.2. The summed E-state index contributed by atoms with van der Waals surface area (Å²) in [5, 5.41) is 4.95. The number of Topliss-reactive ketones (excluding diaryl/α,β-unsaturated/α-hetero) is 2. The molecule has 0 heterocycles. The number of anilines is 2. The minimum Gasteiger partial charge on any atom is -0.326 e. The van der Waals surface area contributed by atoms with Crippen LogP contribution in [0.5, 0.6) is 0 Å². The monoisotopic (exact) mass is 390 g/mol. The van der Waals surface area contributed by atoms with Crippen molar-refractivity contribution in [1.29, 1.82) is 0 Å². The van der Waals surface area contributed by atoms with E-state index in [0.29, 0.717) is 11.4 Å². The third kappa shape index (κ3) is 9.91. The van der Waals surface area contributed by atoms with Crippen LogP contribution in [0.4, 0.5) is 20.2 Å². The normalized spacial score (nSPS) is 9.57. The Hall–Kier alpha value is -3.42. The molecule has 8 heteroatoms. The highest BCUT2D eigenvalue weighted by atomic mass is 19.1. The standard InChI is InChI=1S/2C10H10FNO2/c2*1-7(13)6-10(14)12-9-4-2-8(11)3-5-9/h2*2-5H,6H2,1H3,(H,12,14). The van der Waals surface area contributed by atoms with Crippen molar-refractivity contribution < 1.29 is 28.0 Å². The minimum absolute atomic E-state index is 0.155. The molecular formula is C20H20F2N2O4. The fraction of sp³-hybridized carbons (Fsp3) is 0.200. The van der Waals surface area contributed by atoms with Crippen LogP contribution >= 0.6 is 0 Å². The fourth-order valence-electron chi connectivity index (χ4n) is 1.93. The topological polar surface area (TPSA) is 92.3 Å². The first-order chi connectivity index (χ1) is 13.2. The second kappa shape index (κ2) is 11.3. The van der Waals surface area contributed by atoms with Crippen molar-refractivity contribution in [3.8, 4) is 0 Å². The Balaban J connectivity index is 0.000000280. The zero-order chi connectivity index (χ0) is 21.1. The van der Waals surface area contributed by atoms with E-state index < -0.39 is 0 Å². The van der Waals surface area contributed by atoms with Crippen molar-refractivity contribution in [2.45, 2.75) is 26.7 Å². The maximum atomic E-state index is 12.5. The van der Waals surface area contributed by atoms with Crippen LogP contribution in [0.1, 0.15) is 26.7 Å². The summed E-state index contributed by atoms with van der Waals surface area (Å²) in [6, 6.07) is 10.7. The van der Waals surface area contributed by atoms with Gasteiger partial charge in [0.05, 0.1) is 12.8 Å². The van der Waals surface area contributed by atoms with Gasteiger partial charge in [0.1, 0.15) is 23.2 Å². The van der Waals surface area contributed by atoms with Gasteiger partial charge in [-0.3, -0.25) is 19.2 Å². The van der Waals surface area contributed by atoms with E-state index in [0.717, 1.165) is 0 Å². The summed E-state index contributed by atoms with van der Waals surface area (Å²) >= 11 is 0. The third-order valence-electron chi connectivity index (χ3n) is 3.07. The van der Waals surface area contributed by atoms with Gasteiger partial charge in [0, 0.05) is 11.4 Å². The zero-order valence-corrected chi connectivity index (χ0v) is 15.4. The Labute approximate surface area is 160 Å². The molecule has 2 aromatic rings. The first-order valence-corrected chi connectivity index (χ1v) is 8.25. The van der Waals surface area contributed by atoms with Crippen LogP contribution in [0.15, 0.2) is 48.5 Å². The van der Waals surface area contributed by atoms with Crippen LogP contribution in [0.2, 0.25) is 0 Å². The quantitative estimate of drug-likeness (QED) is 0.739. The molecule has 0 aliphatic carbocycles. The maximum absolute atomic E-state index is 12.5. The van der Waals surface area contributed by atoms with Crippen LogP contribution in [-0.4, -0.2) is 23.4 Å². The van der Waals surface area contributed by atoms with Crippen LogP contribution in [0.3, 0.4) is 0 Å². The molecule has 28 heavy (non-hydrogen) atoms. The van der Waals surface area contributed by atoms with Gasteiger partial charge < -0.3 is 10.6 Å². The van der Waals surface area contributed by atoms with Gasteiger partial charge in [-0.1, -0.05) is 0 Å². The lowest BCUT2D eigenvalue weighted by molar-refractivity contribution is -0.125. The van der Waals surface area contributed by atoms with E-state index in [-0.39, 0.29) is 47.9 Å². The number of halogens is 2. The lowest BCUT2D eigenvalue weighted by Crippen LogP contribution is -2.14. The third-order valence-corrected chi connectivity index (χ3v) is 3.07. The summed E-state index contributed by atoms with van der Waals surface area (Å²) in [7, 11) is 0. The van der Waals surface area contributed by atoms with E-state index >= 15 is 0 Å². The summed E-state index contributed by atoms with van der Waals surface area (Å²) in [5.41, 5.74) is 0.968. The molecule has 2 rings (SSSR count). The highest BCUT2D eigenvalue weighted by molar-refractivity contribution is 6.04. The summed E-state index contributed by atoms with van der Waals surface area (Å²) in [5.74, 6) is -1.91. The number of carbonyl (C=O) groups is 4. The minimum atomic E-state index is -0.385. The number of rotatable bonds is 6. The van der Waals surface area contributed by atoms with E-state index in [9.17, 15) is 28.0 Å². The second-order valence-electron chi connectivity index (χ2n) is 5.87. The Morgan fingerprint density at radius 3 is 1.18 bits per heavy atom. The molecule has 148 valence electrons. The first-order valence-electron chi connectivity index (χ1n) is 8.25. The number of hydrogen-bond acceptors (Lipinski definition) is 4. The molecule has 0 fully saturated rings. The van der Waals surface area contributed by atoms with Crippen molar-refractivity contribution in [2.75, 3.05) is 10.6 Å². The predicted molar refractivity (Wildman–Crippen MR) is 101 cm³/mol. The number of benzene rings is 2. The average molecular weight is 390 g/mol. The predicted octanol–water partition coefficient (Wildman–Crippen LogP) is 3.49. The Kier molecular flexibility index (Phi) is 9.15. The number of nitrogens with one attached hydrogen (secondary N) is 2. The highest BCUT2D eigenvalue weighted by Gasteiger charge is 2.05. The van der Waals surface area contributed by atoms with Crippen molar-refractivity contribution >= 4 is 34.8 Å². The van der Waals surface area contributed by atoms with Crippen molar-refractivity contribution in [3.63, 3.8) is 0 Å². The molecule has 0 aliphatic rings. The molecule has 6 nitrogen and oxygen atoms in total. The molecule has 2 amide bonds. The van der Waals surface area contributed by atoms with Crippen molar-refractivity contribution in [1.82, 2.24) is 0 Å². The van der Waals surface area contributed by atoms with Gasteiger partial charge in [-0.05, 0) is 62.4 Å². The van der Waals surface area contributed by atoms with Gasteiger partial charge in [-0.2, -0.15) is 0 Å². The first kappa shape index (κ1) is 22.6. The summed E-state index contributed by atoms with van der Waals surface area (Å²) in [6.45, 7) is 2.68. The average Bonchev–Trinajstić information content (AvgIpc) is 2.58. The lowest BCUT2D eigenvalue weighted by Gasteiger charge is -2.02. The molecule has 0 atom stereocenters. The van der Waals surface area contributed by atoms with E-state index in [4.69, 9.17) is 0 Å². The van der Waals surface area contributed by atoms with E-state index in [2.05, 4.69) is 10.6 Å². The molecule has 0 aromatic heterocycles. The van der Waals surface area contributed by atoms with Crippen molar-refractivity contribution in [3.05, 3.63) is 60.2 Å². The zero-order valence-electron chi connectivity index (χ0n) is 15.4. The molecular weight excluding hydrogens is 370 g/mol. The van der Waals surface area contributed by atoms with E-state index in [1.807, 2.05) is 0 Å². The Morgan fingerprint density at radius 1 is 0.643 bits per heavy atom. The summed E-state index contributed by atoms with van der Waals surface area (Å²) < 4.78 is 24.9. The molecule has 0 radical (unpaired) electrons. The largest absolute Gasteiger partial charge is 0.326 e. The SMILES string of the molecule is CC(=O)CC(=O)Nc1ccc(F)cc1.CC(=O)CC(=O)Nc1ccc(F)cc1. The van der Waals surface area contributed by atoms with Gasteiger partial charge in [0.25, 0.3) is 0 Å². The van der Waals surface area contributed by atoms with Crippen LogP contribution in [-0.2, 0) is 19.2 Å². The van der Waals surface area contributed by atoms with Gasteiger partial charge in [-0.15, -0.1) is 0 Å². The van der Waals surface area contributed by atoms with Crippen LogP contribution in [0, 0.1) is 11.6 Å². The smallest absolute Gasteiger partial charge is 0.231 e. The fourth-order valence-corrected chi connectivity index (χ4v) is 1.93. The van der Waals surface area contributed by atoms with Gasteiger partial charge in [-0.25, -0.2) is 8.78 Å². The van der Waals surface area contributed by atoms with Crippen molar-refractivity contribution in [2.24, 2.45) is 0 Å². The summed E-state index contributed by atoms with van der Waals surface area (Å²) in [4.78, 5) is 43.3. The molecule has 2 aromatic carbocycles. The van der Waals surface area contributed by atoms with E-state index in [1.165, 1.54) is 62.4 Å². The number of amides is 2. The Bertz CT molecular complexity index is 763. The summed E-state index contributed by atoms with van der Waals surface area (Å²) in [6.07, 6.45) is -0.311. The van der Waals surface area contributed by atoms with E-state index in [1.54, 1.807) is 0 Å². The van der Waals surface area contributed by atoms with Gasteiger partial charge in [0.15, 0.2) is 0 Å². The molecule has 0 unspecified atom stereocenters. The number of carbonyl (C=O) groups excluding carboxylic acids is 4. The Morgan fingerprint density at radius 2 is 0.929 bits per heavy atom. The van der Waals surface area contributed by atoms with Crippen LogP contribution in [0.25, 0.3) is 0 Å². The molecule has 0 aliphatic heterocycles. The van der Waals surface area contributed by atoms with Crippen LogP contribution < -0.4 is 10.6 Å². The molecule has 0 bridgehead atoms. The molecule has 0 spiro atoms.